The molecule has 0 aliphatic rings. The van der Waals surface area contributed by atoms with Crippen molar-refractivity contribution in [1.82, 2.24) is 10.2 Å². The Kier molecular flexibility index (Phi) is 9.25. The Labute approximate surface area is 174 Å². The summed E-state index contributed by atoms with van der Waals surface area (Å²) in [5.74, 6) is 2.17. The van der Waals surface area contributed by atoms with E-state index in [0.717, 1.165) is 16.9 Å². The third kappa shape index (κ3) is 7.24. The van der Waals surface area contributed by atoms with Gasteiger partial charge < -0.3 is 29.5 Å². The van der Waals surface area contributed by atoms with Gasteiger partial charge in [0.2, 0.25) is 0 Å². The molecule has 6 nitrogen and oxygen atoms in total. The topological polar surface area (TPSA) is 63.2 Å². The summed E-state index contributed by atoms with van der Waals surface area (Å²) in [5.41, 5.74) is 2.20. The van der Waals surface area contributed by atoms with Gasteiger partial charge in [-0.3, -0.25) is 0 Å². The number of likely N-dealkylation sites (N-methyl/N-ethyl adjacent to an activating group) is 1. The number of nitrogens with one attached hydrogen (secondary N) is 1. The number of aliphatic hydroxyl groups excluding tert-OH is 1. The quantitative estimate of drug-likeness (QED) is 0.569. The Morgan fingerprint density at radius 3 is 2.38 bits per heavy atom. The van der Waals surface area contributed by atoms with E-state index in [0.29, 0.717) is 37.2 Å². The zero-order valence-corrected chi connectivity index (χ0v) is 18.1. The summed E-state index contributed by atoms with van der Waals surface area (Å²) in [4.78, 5) is 2.09. The van der Waals surface area contributed by atoms with Crippen LogP contribution in [0.25, 0.3) is 0 Å². The number of para-hydroxylation sites is 1. The second kappa shape index (κ2) is 11.7. The molecule has 2 aromatic carbocycles. The van der Waals surface area contributed by atoms with Crippen molar-refractivity contribution in [3.8, 4) is 17.2 Å². The lowest BCUT2D eigenvalue weighted by molar-refractivity contribution is 0.0668. The van der Waals surface area contributed by atoms with E-state index in [1.807, 2.05) is 49.5 Å². The first-order valence-electron chi connectivity index (χ1n) is 9.95. The number of benzene rings is 2. The molecule has 0 saturated carbocycles. The number of hydrogen-bond donors (Lipinski definition) is 2. The Morgan fingerprint density at radius 2 is 1.69 bits per heavy atom. The molecule has 29 heavy (non-hydrogen) atoms. The number of nitrogens with zero attached hydrogens (tertiary/aromatic N) is 1. The van der Waals surface area contributed by atoms with Crippen molar-refractivity contribution in [2.75, 3.05) is 34.4 Å². The molecule has 6 heteroatoms. The summed E-state index contributed by atoms with van der Waals surface area (Å²) in [5, 5.41) is 13.6. The lowest BCUT2D eigenvalue weighted by Gasteiger charge is -2.24. The van der Waals surface area contributed by atoms with Crippen molar-refractivity contribution in [2.45, 2.75) is 39.1 Å². The molecule has 2 N–H and O–H groups in total. The van der Waals surface area contributed by atoms with Gasteiger partial charge in [-0.25, -0.2) is 0 Å². The summed E-state index contributed by atoms with van der Waals surface area (Å²) in [6, 6.07) is 14.2. The second-order valence-electron chi connectivity index (χ2n) is 7.40. The highest BCUT2D eigenvalue weighted by molar-refractivity contribution is 5.43. The van der Waals surface area contributed by atoms with Crippen LogP contribution in [0.2, 0.25) is 0 Å². The third-order valence-electron chi connectivity index (χ3n) is 4.88. The molecule has 0 heterocycles. The molecule has 0 spiro atoms. The molecule has 0 aliphatic carbocycles. The normalized spacial score (nSPS) is 12.3. The van der Waals surface area contributed by atoms with Crippen molar-refractivity contribution in [1.29, 1.82) is 0 Å². The molecule has 1 atom stereocenters. The molecular weight excluding hydrogens is 368 g/mol. The molecule has 0 radical (unpaired) electrons. The average Bonchev–Trinajstić information content (AvgIpc) is 2.72. The van der Waals surface area contributed by atoms with Crippen molar-refractivity contribution in [2.24, 2.45) is 0 Å². The van der Waals surface area contributed by atoms with Crippen molar-refractivity contribution in [3.05, 3.63) is 53.6 Å². The van der Waals surface area contributed by atoms with Crippen LogP contribution in [0.1, 0.15) is 25.0 Å². The fraction of sp³-hybridized carbons (Fsp3) is 0.478. The van der Waals surface area contributed by atoms with Crippen LogP contribution in [-0.4, -0.2) is 56.6 Å². The summed E-state index contributed by atoms with van der Waals surface area (Å²) >= 11 is 0. The third-order valence-corrected chi connectivity index (χ3v) is 4.88. The van der Waals surface area contributed by atoms with Gasteiger partial charge in [0.05, 0.1) is 14.2 Å². The molecule has 2 rings (SSSR count). The maximum Gasteiger partial charge on any atom is 0.161 e. The summed E-state index contributed by atoms with van der Waals surface area (Å²) in [6.07, 6.45) is -0.561. The molecule has 0 amide bonds. The lowest BCUT2D eigenvalue weighted by Crippen LogP contribution is -2.36. The SMILES string of the molecule is COc1ccccc1CNCc1ccc(OC[C@H](O)CN(C)C(C)C)c(OC)c1. The van der Waals surface area contributed by atoms with E-state index in [9.17, 15) is 5.11 Å². The fourth-order valence-electron chi connectivity index (χ4n) is 2.91. The van der Waals surface area contributed by atoms with Crippen LogP contribution in [0.4, 0.5) is 0 Å². The summed E-state index contributed by atoms with van der Waals surface area (Å²) < 4.78 is 16.6. The molecule has 0 unspecified atom stereocenters. The first kappa shape index (κ1) is 23.0. The maximum atomic E-state index is 10.2. The molecular formula is C23H34N2O4. The Morgan fingerprint density at radius 1 is 0.966 bits per heavy atom. The van der Waals surface area contributed by atoms with Gasteiger partial charge in [-0.1, -0.05) is 24.3 Å². The van der Waals surface area contributed by atoms with Crippen LogP contribution < -0.4 is 19.5 Å². The van der Waals surface area contributed by atoms with Crippen molar-refractivity contribution < 1.29 is 19.3 Å². The van der Waals surface area contributed by atoms with Gasteiger partial charge in [-0.05, 0) is 44.7 Å². The van der Waals surface area contributed by atoms with Crippen LogP contribution >= 0.6 is 0 Å². The highest BCUT2D eigenvalue weighted by atomic mass is 16.5. The fourth-order valence-corrected chi connectivity index (χ4v) is 2.91. The highest BCUT2D eigenvalue weighted by Gasteiger charge is 2.13. The number of ether oxygens (including phenoxy) is 3. The number of rotatable bonds is 12. The van der Waals surface area contributed by atoms with Crippen LogP contribution in [0, 0.1) is 0 Å². The summed E-state index contributed by atoms with van der Waals surface area (Å²) in [6.45, 7) is 6.37. The van der Waals surface area contributed by atoms with Crippen LogP contribution in [0.3, 0.4) is 0 Å². The molecule has 2 aromatic rings. The largest absolute Gasteiger partial charge is 0.496 e. The van der Waals surface area contributed by atoms with Gasteiger partial charge in [-0.15, -0.1) is 0 Å². The van der Waals surface area contributed by atoms with E-state index >= 15 is 0 Å². The number of aliphatic hydroxyl groups is 1. The van der Waals surface area contributed by atoms with Gasteiger partial charge >= 0.3 is 0 Å². The predicted molar refractivity (Wildman–Crippen MR) is 116 cm³/mol. The van der Waals surface area contributed by atoms with Gasteiger partial charge in [0.1, 0.15) is 18.5 Å². The lowest BCUT2D eigenvalue weighted by atomic mass is 10.1. The zero-order valence-electron chi connectivity index (χ0n) is 18.1. The van der Waals surface area contributed by atoms with Gasteiger partial charge in [0.25, 0.3) is 0 Å². The predicted octanol–water partition coefficient (Wildman–Crippen LogP) is 3.07. The van der Waals surface area contributed by atoms with Gasteiger partial charge in [0.15, 0.2) is 11.5 Å². The maximum absolute atomic E-state index is 10.2. The Hall–Kier alpha value is -2.28. The molecule has 0 aliphatic heterocycles. The Balaban J connectivity index is 1.89. The second-order valence-corrected chi connectivity index (χ2v) is 7.40. The molecule has 0 fully saturated rings. The van der Waals surface area contributed by atoms with E-state index in [1.54, 1.807) is 14.2 Å². The van der Waals surface area contributed by atoms with E-state index in [2.05, 4.69) is 24.1 Å². The summed E-state index contributed by atoms with van der Waals surface area (Å²) in [7, 11) is 5.29. The van der Waals surface area contributed by atoms with E-state index in [-0.39, 0.29) is 6.61 Å². The first-order chi connectivity index (χ1) is 13.9. The van der Waals surface area contributed by atoms with Crippen LogP contribution in [-0.2, 0) is 13.1 Å². The molecule has 0 aromatic heterocycles. The minimum absolute atomic E-state index is 0.221. The number of methoxy groups -OCH3 is 2. The minimum Gasteiger partial charge on any atom is -0.496 e. The molecule has 0 saturated heterocycles. The first-order valence-corrected chi connectivity index (χ1v) is 9.95. The standard InChI is InChI=1S/C23H34N2O4/c1-17(2)25(3)15-20(26)16-29-22-11-10-18(12-23(22)28-5)13-24-14-19-8-6-7-9-21(19)27-4/h6-12,17,20,24,26H,13-16H2,1-5H3/t20-/m1/s1. The van der Waals surface area contributed by atoms with Crippen LogP contribution in [0.15, 0.2) is 42.5 Å². The molecule has 0 bridgehead atoms. The smallest absolute Gasteiger partial charge is 0.161 e. The van der Waals surface area contributed by atoms with E-state index < -0.39 is 6.10 Å². The van der Waals surface area contributed by atoms with E-state index in [1.165, 1.54) is 0 Å². The zero-order chi connectivity index (χ0) is 21.2. The van der Waals surface area contributed by atoms with Crippen LogP contribution in [0.5, 0.6) is 17.2 Å². The van der Waals surface area contributed by atoms with Gasteiger partial charge in [-0.2, -0.15) is 0 Å². The Bertz CT molecular complexity index is 751. The monoisotopic (exact) mass is 402 g/mol. The van der Waals surface area contributed by atoms with Crippen molar-refractivity contribution in [3.63, 3.8) is 0 Å². The van der Waals surface area contributed by atoms with Gasteiger partial charge in [0, 0.05) is 31.2 Å². The number of hydrogen-bond acceptors (Lipinski definition) is 6. The molecule has 160 valence electrons. The minimum atomic E-state index is -0.561. The van der Waals surface area contributed by atoms with E-state index in [4.69, 9.17) is 14.2 Å². The highest BCUT2D eigenvalue weighted by Crippen LogP contribution is 2.28. The average molecular weight is 403 g/mol. The van der Waals surface area contributed by atoms with Crippen molar-refractivity contribution >= 4 is 0 Å².